The molecule has 2 N–H and O–H groups in total. The van der Waals surface area contributed by atoms with Gasteiger partial charge in [0.15, 0.2) is 5.75 Å². The number of aromatic amines is 1. The van der Waals surface area contributed by atoms with Gasteiger partial charge in [0.1, 0.15) is 0 Å². The van der Waals surface area contributed by atoms with Gasteiger partial charge >= 0.3 is 0 Å². The second kappa shape index (κ2) is 5.65. The van der Waals surface area contributed by atoms with Crippen LogP contribution in [0.1, 0.15) is 5.56 Å². The largest absolute Gasteiger partial charge is 0.278 e. The normalized spacial score (nSPS) is 11.1. The molecule has 0 aliphatic heterocycles. The quantitative estimate of drug-likeness (QED) is 0.851. The Bertz CT molecular complexity index is 670. The lowest BCUT2D eigenvalue weighted by Crippen LogP contribution is -2.25. The smallest absolute Gasteiger partial charge is 0.225 e. The number of hydrogen-bond donors (Lipinski definition) is 2. The summed E-state index contributed by atoms with van der Waals surface area (Å²) in [4.78, 5) is 0. The lowest BCUT2D eigenvalue weighted by molar-refractivity contribution is 0.585. The molecule has 0 bridgehead atoms. The summed E-state index contributed by atoms with van der Waals surface area (Å²) >= 11 is 0. The predicted octanol–water partition coefficient (Wildman–Crippen LogP) is 1.02. The van der Waals surface area contributed by atoms with Crippen LogP contribution in [-0.4, -0.2) is 24.4 Å². The maximum absolute atomic E-state index is 11.3. The van der Waals surface area contributed by atoms with E-state index in [0.29, 0.717) is 0 Å². The number of nitrogens with zero attached hydrogens (tertiary/aromatic N) is 2. The van der Waals surface area contributed by atoms with E-state index in [0.717, 1.165) is 16.8 Å². The van der Waals surface area contributed by atoms with Gasteiger partial charge in [-0.05, 0) is 17.2 Å². The molecule has 0 aliphatic rings. The minimum absolute atomic E-state index is 0.174. The van der Waals surface area contributed by atoms with Crippen molar-refractivity contribution in [3.8, 4) is 17.3 Å². The van der Waals surface area contributed by atoms with E-state index in [9.17, 15) is 8.42 Å². The van der Waals surface area contributed by atoms with Crippen molar-refractivity contribution in [2.45, 2.75) is 6.54 Å². The van der Waals surface area contributed by atoms with Crippen molar-refractivity contribution >= 4 is 10.0 Å². The summed E-state index contributed by atoms with van der Waals surface area (Å²) in [7, 11) is -3.51. The van der Waals surface area contributed by atoms with Gasteiger partial charge in [-0.2, -0.15) is 10.4 Å². The average molecular weight is 276 g/mol. The third kappa shape index (κ3) is 3.64. The Morgan fingerprint density at radius 2 is 2.00 bits per heavy atom. The molecule has 7 heteroatoms. The van der Waals surface area contributed by atoms with Crippen molar-refractivity contribution in [1.82, 2.24) is 14.9 Å². The zero-order chi connectivity index (χ0) is 13.7. The molecule has 0 spiro atoms. The number of H-pyrrole nitrogens is 1. The molecule has 0 amide bonds. The highest BCUT2D eigenvalue weighted by Crippen LogP contribution is 2.16. The third-order valence-corrected chi connectivity index (χ3v) is 3.61. The van der Waals surface area contributed by atoms with Gasteiger partial charge in [-0.25, -0.2) is 13.1 Å². The van der Waals surface area contributed by atoms with E-state index in [4.69, 9.17) is 5.26 Å². The van der Waals surface area contributed by atoms with Crippen LogP contribution in [0.4, 0.5) is 0 Å². The van der Waals surface area contributed by atoms with Crippen LogP contribution in [0, 0.1) is 11.3 Å². The maximum Gasteiger partial charge on any atom is 0.225 e. The number of sulfonamides is 1. The minimum atomic E-state index is -3.51. The minimum Gasteiger partial charge on any atom is -0.278 e. The molecule has 0 saturated heterocycles. The highest BCUT2D eigenvalue weighted by Gasteiger charge is 2.08. The molecule has 2 aromatic rings. The molecular weight excluding hydrogens is 264 g/mol. The Kier molecular flexibility index (Phi) is 3.94. The zero-order valence-corrected chi connectivity index (χ0v) is 10.8. The van der Waals surface area contributed by atoms with Crippen LogP contribution in [0.3, 0.4) is 0 Å². The van der Waals surface area contributed by atoms with E-state index in [1.807, 2.05) is 30.3 Å². The van der Waals surface area contributed by atoms with Gasteiger partial charge < -0.3 is 0 Å². The maximum atomic E-state index is 11.3. The summed E-state index contributed by atoms with van der Waals surface area (Å²) < 4.78 is 25.0. The molecule has 0 aliphatic carbocycles. The van der Waals surface area contributed by atoms with E-state index in [-0.39, 0.29) is 6.54 Å². The zero-order valence-electron chi connectivity index (χ0n) is 10.00. The molecule has 1 aromatic heterocycles. The number of benzene rings is 1. The Balaban J connectivity index is 2.02. The first kappa shape index (κ1) is 13.3. The van der Waals surface area contributed by atoms with Gasteiger partial charge in [-0.15, -0.1) is 0 Å². The van der Waals surface area contributed by atoms with E-state index in [2.05, 4.69) is 14.9 Å². The van der Waals surface area contributed by atoms with Crippen LogP contribution in [-0.2, 0) is 16.6 Å². The van der Waals surface area contributed by atoms with Crippen molar-refractivity contribution in [3.63, 3.8) is 0 Å². The molecule has 0 atom stereocenters. The molecule has 1 heterocycles. The summed E-state index contributed by atoms with van der Waals surface area (Å²) in [6, 6.07) is 10.9. The number of rotatable bonds is 5. The number of nitriles is 1. The van der Waals surface area contributed by atoms with Crippen LogP contribution in [0.5, 0.6) is 0 Å². The molecule has 2 rings (SSSR count). The van der Waals surface area contributed by atoms with Gasteiger partial charge in [0.2, 0.25) is 10.0 Å². The lowest BCUT2D eigenvalue weighted by atomic mass is 10.1. The molecule has 0 fully saturated rings. The molecule has 0 saturated carbocycles. The van der Waals surface area contributed by atoms with Crippen molar-refractivity contribution in [2.24, 2.45) is 0 Å². The van der Waals surface area contributed by atoms with Crippen molar-refractivity contribution in [1.29, 1.82) is 5.26 Å². The lowest BCUT2D eigenvalue weighted by Gasteiger charge is -2.04. The molecule has 1 aromatic carbocycles. The number of hydrogen-bond acceptors (Lipinski definition) is 4. The van der Waals surface area contributed by atoms with Crippen molar-refractivity contribution < 1.29 is 8.42 Å². The standard InChI is InChI=1S/C12H12N4O2S/c13-6-8-19(17,18)15-9-10-1-3-11(4-2-10)12-5-7-14-16-12/h1-5,7,15H,8-9H2,(H,14,16). The topological polar surface area (TPSA) is 98.6 Å². The first-order valence-corrected chi connectivity index (χ1v) is 7.19. The second-order valence-electron chi connectivity index (χ2n) is 3.91. The summed E-state index contributed by atoms with van der Waals surface area (Å²) in [5, 5.41) is 15.1. The molecule has 98 valence electrons. The summed E-state index contributed by atoms with van der Waals surface area (Å²) in [6.07, 6.45) is 1.67. The van der Waals surface area contributed by atoms with Gasteiger partial charge in [0.05, 0.1) is 11.8 Å². The van der Waals surface area contributed by atoms with E-state index < -0.39 is 15.8 Å². The molecule has 6 nitrogen and oxygen atoms in total. The van der Waals surface area contributed by atoms with E-state index >= 15 is 0 Å². The predicted molar refractivity (Wildman–Crippen MR) is 70.3 cm³/mol. The Morgan fingerprint density at radius 1 is 1.26 bits per heavy atom. The van der Waals surface area contributed by atoms with Gasteiger partial charge in [0.25, 0.3) is 0 Å². The second-order valence-corrected chi connectivity index (χ2v) is 5.71. The Hall–Kier alpha value is -2.17. The van der Waals surface area contributed by atoms with Crippen molar-refractivity contribution in [2.75, 3.05) is 5.75 Å². The number of aromatic nitrogens is 2. The molecular formula is C12H12N4O2S. The first-order valence-electron chi connectivity index (χ1n) is 5.54. The van der Waals surface area contributed by atoms with E-state index in [1.165, 1.54) is 0 Å². The van der Waals surface area contributed by atoms with Crippen molar-refractivity contribution in [3.05, 3.63) is 42.1 Å². The fraction of sp³-hybridized carbons (Fsp3) is 0.167. The highest BCUT2D eigenvalue weighted by atomic mass is 32.2. The fourth-order valence-electron chi connectivity index (χ4n) is 1.55. The van der Waals surface area contributed by atoms with Crippen LogP contribution >= 0.6 is 0 Å². The fourth-order valence-corrected chi connectivity index (χ4v) is 2.21. The van der Waals surface area contributed by atoms with Gasteiger partial charge in [0, 0.05) is 12.7 Å². The molecule has 0 unspecified atom stereocenters. The summed E-state index contributed by atoms with van der Waals surface area (Å²) in [5.74, 6) is -0.529. The van der Waals surface area contributed by atoms with Crippen LogP contribution in [0.15, 0.2) is 36.5 Å². The third-order valence-electron chi connectivity index (χ3n) is 2.52. The number of nitrogens with one attached hydrogen (secondary N) is 2. The van der Waals surface area contributed by atoms with Crippen LogP contribution in [0.2, 0.25) is 0 Å². The van der Waals surface area contributed by atoms with Crippen LogP contribution < -0.4 is 4.72 Å². The summed E-state index contributed by atoms with van der Waals surface area (Å²) in [5.41, 5.74) is 2.70. The van der Waals surface area contributed by atoms with E-state index in [1.54, 1.807) is 12.3 Å². The first-order chi connectivity index (χ1) is 9.11. The molecule has 0 radical (unpaired) electrons. The average Bonchev–Trinajstić information content (AvgIpc) is 2.91. The summed E-state index contributed by atoms with van der Waals surface area (Å²) in [6.45, 7) is 0.174. The Labute approximate surface area is 111 Å². The van der Waals surface area contributed by atoms with Crippen LogP contribution in [0.25, 0.3) is 11.3 Å². The monoisotopic (exact) mass is 276 g/mol. The molecule has 19 heavy (non-hydrogen) atoms. The Morgan fingerprint density at radius 3 is 2.58 bits per heavy atom. The van der Waals surface area contributed by atoms with Gasteiger partial charge in [-0.3, -0.25) is 5.10 Å². The SMILES string of the molecule is N#CCS(=O)(=O)NCc1ccc(-c2ccn[nH]2)cc1. The van der Waals surface area contributed by atoms with Gasteiger partial charge in [-0.1, -0.05) is 24.3 Å². The highest BCUT2D eigenvalue weighted by molar-refractivity contribution is 7.89.